The van der Waals surface area contributed by atoms with Crippen molar-refractivity contribution in [3.63, 3.8) is 0 Å². The SMILES string of the molecule is Oc1ccc(OCl)cc1. The third kappa shape index (κ3) is 1.50. The van der Waals surface area contributed by atoms with Gasteiger partial charge in [-0.15, -0.1) is 0 Å². The minimum atomic E-state index is 0.201. The van der Waals surface area contributed by atoms with Crippen LogP contribution < -0.4 is 4.29 Å². The van der Waals surface area contributed by atoms with Gasteiger partial charge >= 0.3 is 0 Å². The van der Waals surface area contributed by atoms with Gasteiger partial charge in [-0.3, -0.25) is 0 Å². The van der Waals surface area contributed by atoms with E-state index in [2.05, 4.69) is 4.29 Å². The summed E-state index contributed by atoms with van der Waals surface area (Å²) in [7, 11) is 0. The van der Waals surface area contributed by atoms with Crippen LogP contribution >= 0.6 is 11.9 Å². The minimum absolute atomic E-state index is 0.201. The lowest BCUT2D eigenvalue weighted by Crippen LogP contribution is -1.71. The molecule has 0 amide bonds. The van der Waals surface area contributed by atoms with Crippen LogP contribution in [0.1, 0.15) is 0 Å². The number of hydrogen-bond donors (Lipinski definition) is 1. The molecule has 48 valence electrons. The summed E-state index contributed by atoms with van der Waals surface area (Å²) >= 11 is 5.00. The van der Waals surface area contributed by atoms with Crippen LogP contribution in [0, 0.1) is 0 Å². The molecule has 3 heteroatoms. The maximum Gasteiger partial charge on any atom is 0.146 e. The van der Waals surface area contributed by atoms with Crippen LogP contribution in [-0.2, 0) is 0 Å². The number of halogens is 1. The first-order valence-electron chi connectivity index (χ1n) is 2.40. The Bertz CT molecular complexity index is 183. The quantitative estimate of drug-likeness (QED) is 0.653. The van der Waals surface area contributed by atoms with E-state index in [1.165, 1.54) is 12.1 Å². The van der Waals surface area contributed by atoms with Crippen molar-refractivity contribution < 1.29 is 9.40 Å². The molecule has 1 rings (SSSR count). The van der Waals surface area contributed by atoms with Gasteiger partial charge in [0.1, 0.15) is 23.4 Å². The van der Waals surface area contributed by atoms with E-state index in [-0.39, 0.29) is 5.75 Å². The van der Waals surface area contributed by atoms with Crippen molar-refractivity contribution >= 4 is 11.9 Å². The second kappa shape index (κ2) is 2.60. The molecule has 9 heavy (non-hydrogen) atoms. The van der Waals surface area contributed by atoms with Gasteiger partial charge in [0.2, 0.25) is 0 Å². The zero-order valence-corrected chi connectivity index (χ0v) is 5.30. The lowest BCUT2D eigenvalue weighted by atomic mass is 10.3. The van der Waals surface area contributed by atoms with Crippen LogP contribution in [0.25, 0.3) is 0 Å². The molecule has 0 aromatic heterocycles. The average molecular weight is 145 g/mol. The Morgan fingerprint density at radius 3 is 2.22 bits per heavy atom. The van der Waals surface area contributed by atoms with Crippen LogP contribution in [0.15, 0.2) is 24.3 Å². The van der Waals surface area contributed by atoms with E-state index < -0.39 is 0 Å². The van der Waals surface area contributed by atoms with E-state index in [1.807, 2.05) is 0 Å². The number of benzene rings is 1. The fourth-order valence-electron chi connectivity index (χ4n) is 0.498. The summed E-state index contributed by atoms with van der Waals surface area (Å²) in [6.07, 6.45) is 0. The van der Waals surface area contributed by atoms with Crippen molar-refractivity contribution in [3.05, 3.63) is 24.3 Å². The maximum absolute atomic E-state index is 8.75. The van der Waals surface area contributed by atoms with Crippen molar-refractivity contribution in [2.45, 2.75) is 0 Å². The molecule has 0 fully saturated rings. The monoisotopic (exact) mass is 144 g/mol. The third-order valence-corrected chi connectivity index (χ3v) is 1.10. The van der Waals surface area contributed by atoms with Crippen molar-refractivity contribution in [1.82, 2.24) is 0 Å². The molecule has 0 aliphatic heterocycles. The first-order valence-corrected chi connectivity index (χ1v) is 2.71. The van der Waals surface area contributed by atoms with Gasteiger partial charge in [-0.1, -0.05) is 0 Å². The van der Waals surface area contributed by atoms with E-state index in [0.717, 1.165) is 0 Å². The number of phenols is 1. The fraction of sp³-hybridized carbons (Fsp3) is 0. The molecule has 0 atom stereocenters. The molecule has 0 spiro atoms. The smallest absolute Gasteiger partial charge is 0.146 e. The molecule has 1 aromatic carbocycles. The number of rotatable bonds is 1. The van der Waals surface area contributed by atoms with E-state index in [0.29, 0.717) is 5.75 Å². The molecule has 0 unspecified atom stereocenters. The molecule has 0 aliphatic carbocycles. The lowest BCUT2D eigenvalue weighted by molar-refractivity contribution is 0.474. The average Bonchev–Trinajstić information content (AvgIpc) is 1.90. The van der Waals surface area contributed by atoms with Crippen LogP contribution in [-0.4, -0.2) is 5.11 Å². The number of hydrogen-bond acceptors (Lipinski definition) is 2. The van der Waals surface area contributed by atoms with Crippen LogP contribution in [0.2, 0.25) is 0 Å². The zero-order valence-electron chi connectivity index (χ0n) is 4.54. The Labute approximate surface area is 57.8 Å². The highest BCUT2D eigenvalue weighted by molar-refractivity contribution is 6.09. The van der Waals surface area contributed by atoms with Crippen molar-refractivity contribution in [1.29, 1.82) is 0 Å². The van der Waals surface area contributed by atoms with Gasteiger partial charge in [0.25, 0.3) is 0 Å². The predicted molar refractivity (Wildman–Crippen MR) is 34.6 cm³/mol. The third-order valence-electron chi connectivity index (χ3n) is 0.926. The molecule has 1 N–H and O–H groups in total. The minimum Gasteiger partial charge on any atom is -0.508 e. The summed E-state index contributed by atoms with van der Waals surface area (Å²) in [5.74, 6) is 0.724. The van der Waals surface area contributed by atoms with Gasteiger partial charge in [-0.2, -0.15) is 0 Å². The Morgan fingerprint density at radius 2 is 1.78 bits per heavy atom. The highest BCUT2D eigenvalue weighted by Gasteiger charge is 1.89. The summed E-state index contributed by atoms with van der Waals surface area (Å²) in [5, 5.41) is 8.75. The van der Waals surface area contributed by atoms with E-state index in [9.17, 15) is 0 Å². The van der Waals surface area contributed by atoms with E-state index in [4.69, 9.17) is 17.0 Å². The molecule has 0 radical (unpaired) electrons. The van der Waals surface area contributed by atoms with Crippen molar-refractivity contribution in [2.24, 2.45) is 0 Å². The van der Waals surface area contributed by atoms with Gasteiger partial charge in [0, 0.05) is 0 Å². The molecule has 0 heterocycles. The van der Waals surface area contributed by atoms with Gasteiger partial charge in [0.15, 0.2) is 0 Å². The molecule has 0 bridgehead atoms. The first-order chi connectivity index (χ1) is 4.33. The molecular weight excluding hydrogens is 140 g/mol. The number of phenolic OH excluding ortho intramolecular Hbond substituents is 1. The molecule has 1 aromatic rings. The Morgan fingerprint density at radius 1 is 1.22 bits per heavy atom. The standard InChI is InChI=1S/C6H5ClO2/c7-9-6-3-1-5(8)2-4-6/h1-4,8H. The number of aromatic hydroxyl groups is 1. The highest BCUT2D eigenvalue weighted by atomic mass is 35.5. The fourth-order valence-corrected chi connectivity index (χ4v) is 0.600. The Hall–Kier alpha value is -0.890. The van der Waals surface area contributed by atoms with Crippen molar-refractivity contribution in [2.75, 3.05) is 0 Å². The first kappa shape index (κ1) is 6.23. The van der Waals surface area contributed by atoms with Gasteiger partial charge in [-0.05, 0) is 24.3 Å². The second-order valence-electron chi connectivity index (χ2n) is 1.57. The topological polar surface area (TPSA) is 29.5 Å². The summed E-state index contributed by atoms with van der Waals surface area (Å²) in [5.41, 5.74) is 0. The van der Waals surface area contributed by atoms with Gasteiger partial charge in [-0.25, -0.2) is 0 Å². The summed E-state index contributed by atoms with van der Waals surface area (Å²) < 4.78 is 4.33. The van der Waals surface area contributed by atoms with Gasteiger partial charge < -0.3 is 9.40 Å². The summed E-state index contributed by atoms with van der Waals surface area (Å²) in [6.45, 7) is 0. The summed E-state index contributed by atoms with van der Waals surface area (Å²) in [4.78, 5) is 0. The Balaban J connectivity index is 2.88. The molecule has 0 saturated carbocycles. The van der Waals surface area contributed by atoms with E-state index in [1.54, 1.807) is 12.1 Å². The molecule has 0 saturated heterocycles. The van der Waals surface area contributed by atoms with Crippen LogP contribution in [0.5, 0.6) is 11.5 Å². The second-order valence-corrected chi connectivity index (χ2v) is 1.73. The molecule has 2 nitrogen and oxygen atoms in total. The zero-order chi connectivity index (χ0) is 6.69. The van der Waals surface area contributed by atoms with E-state index >= 15 is 0 Å². The largest absolute Gasteiger partial charge is 0.508 e. The summed E-state index contributed by atoms with van der Waals surface area (Å²) in [6, 6.07) is 6.14. The van der Waals surface area contributed by atoms with Crippen LogP contribution in [0.3, 0.4) is 0 Å². The van der Waals surface area contributed by atoms with Crippen LogP contribution in [0.4, 0.5) is 0 Å². The highest BCUT2D eigenvalue weighted by Crippen LogP contribution is 2.16. The lowest BCUT2D eigenvalue weighted by Gasteiger charge is -1.93. The maximum atomic E-state index is 8.75. The molecular formula is C6H5ClO2. The normalized spacial score (nSPS) is 9.00. The van der Waals surface area contributed by atoms with Crippen molar-refractivity contribution in [3.8, 4) is 11.5 Å². The van der Waals surface area contributed by atoms with Gasteiger partial charge in [0.05, 0.1) is 0 Å². The predicted octanol–water partition coefficient (Wildman–Crippen LogP) is 1.92. The Kier molecular flexibility index (Phi) is 1.80. The molecule has 0 aliphatic rings.